The van der Waals surface area contributed by atoms with Crippen LogP contribution in [0.15, 0.2) is 6.07 Å². The molecule has 2 amide bonds. The van der Waals surface area contributed by atoms with Gasteiger partial charge in [-0.05, 0) is 63.2 Å². The number of piperidine rings is 1. The van der Waals surface area contributed by atoms with Crippen LogP contribution in [0.2, 0.25) is 0 Å². The van der Waals surface area contributed by atoms with E-state index in [1.807, 2.05) is 0 Å². The molecule has 2 unspecified atom stereocenters. The van der Waals surface area contributed by atoms with E-state index < -0.39 is 76.0 Å². The highest BCUT2D eigenvalue weighted by Gasteiger charge is 2.69. The monoisotopic (exact) mass is 582 g/mol. The summed E-state index contributed by atoms with van der Waals surface area (Å²) in [7, 11) is 6.57. The molecule has 12 nitrogen and oxygen atoms in total. The molecular formula is C30H38N4O8. The normalized spacial score (nSPS) is 31.5. The van der Waals surface area contributed by atoms with Crippen LogP contribution in [-0.4, -0.2) is 108 Å². The lowest BCUT2D eigenvalue weighted by molar-refractivity contribution is -0.181. The molecule has 1 aromatic rings. The predicted octanol–water partition coefficient (Wildman–Crippen LogP) is -0.195. The fraction of sp³-hybridized carbons (Fsp3) is 0.600. The molecule has 42 heavy (non-hydrogen) atoms. The van der Waals surface area contributed by atoms with Crippen LogP contribution in [0.25, 0.3) is 0 Å². The van der Waals surface area contributed by atoms with Crippen molar-refractivity contribution >= 4 is 40.6 Å². The van der Waals surface area contributed by atoms with Gasteiger partial charge in [-0.3, -0.25) is 33.7 Å². The van der Waals surface area contributed by atoms with Gasteiger partial charge in [0.15, 0.2) is 34.7 Å². The smallest absolute Gasteiger partial charge is 0.257 e. The average Bonchev–Trinajstić information content (AvgIpc) is 2.90. The molecule has 4 N–H and O–H groups in total. The Balaban J connectivity index is 1.62. The van der Waals surface area contributed by atoms with Crippen molar-refractivity contribution in [3.05, 3.63) is 22.8 Å². The number of phenols is 1. The van der Waals surface area contributed by atoms with E-state index in [0.29, 0.717) is 30.3 Å². The van der Waals surface area contributed by atoms with Gasteiger partial charge in [-0.1, -0.05) is 6.92 Å². The molecule has 1 heterocycles. The molecule has 1 aliphatic heterocycles. The molecule has 0 radical (unpaired) electrons. The van der Waals surface area contributed by atoms with Crippen molar-refractivity contribution in [1.82, 2.24) is 9.80 Å². The zero-order valence-corrected chi connectivity index (χ0v) is 24.5. The van der Waals surface area contributed by atoms with Gasteiger partial charge in [0.1, 0.15) is 5.75 Å². The number of hydrogen-bond donors (Lipinski definition) is 3. The number of Topliss-reactive ketones (excluding diaryl/α,β-unsaturated/α-hetero) is 4. The Bertz CT molecular complexity index is 1410. The lowest BCUT2D eigenvalue weighted by Gasteiger charge is -2.52. The summed E-state index contributed by atoms with van der Waals surface area (Å²) in [6, 6.07) is 0.400. The van der Waals surface area contributed by atoms with E-state index in [1.165, 1.54) is 4.90 Å². The third kappa shape index (κ3) is 4.17. The van der Waals surface area contributed by atoms with Crippen LogP contribution < -0.4 is 10.6 Å². The van der Waals surface area contributed by atoms with E-state index in [9.17, 15) is 39.0 Å². The number of nitrogens with two attached hydrogens (primary N) is 1. The van der Waals surface area contributed by atoms with Gasteiger partial charge in [0.25, 0.3) is 5.91 Å². The summed E-state index contributed by atoms with van der Waals surface area (Å²) in [6.45, 7) is 3.12. The van der Waals surface area contributed by atoms with Gasteiger partial charge < -0.3 is 25.7 Å². The molecule has 226 valence electrons. The quantitative estimate of drug-likeness (QED) is 0.403. The molecule has 6 atom stereocenters. The maximum Gasteiger partial charge on any atom is 0.257 e. The summed E-state index contributed by atoms with van der Waals surface area (Å²) in [5.41, 5.74) is 3.33. The number of benzene rings is 1. The number of carbonyl (C=O) groups excluding carboxylic acids is 6. The number of anilines is 1. The Labute approximate surface area is 243 Å². The highest BCUT2D eigenvalue weighted by atomic mass is 16.3. The van der Waals surface area contributed by atoms with Gasteiger partial charge >= 0.3 is 0 Å². The number of amides is 2. The molecule has 0 aromatic heterocycles. The first kappa shape index (κ1) is 29.8. The van der Waals surface area contributed by atoms with Crippen LogP contribution in [-0.2, 0) is 25.6 Å². The third-order valence-electron chi connectivity index (χ3n) is 9.82. The van der Waals surface area contributed by atoms with Crippen molar-refractivity contribution in [3.63, 3.8) is 0 Å². The maximum atomic E-state index is 14.2. The van der Waals surface area contributed by atoms with Crippen molar-refractivity contribution in [2.45, 2.75) is 44.2 Å². The number of ketones is 4. The number of hydrogen-bond acceptors (Lipinski definition) is 10. The molecule has 12 heteroatoms. The fourth-order valence-corrected chi connectivity index (χ4v) is 7.60. The minimum Gasteiger partial charge on any atom is -0.506 e. The largest absolute Gasteiger partial charge is 0.506 e. The Kier molecular flexibility index (Phi) is 7.29. The van der Waals surface area contributed by atoms with Gasteiger partial charge in [0, 0.05) is 38.8 Å². The minimum absolute atomic E-state index is 0.0375. The number of rotatable bonds is 4. The zero-order chi connectivity index (χ0) is 31.0. The summed E-state index contributed by atoms with van der Waals surface area (Å²) >= 11 is 0. The van der Waals surface area contributed by atoms with Crippen molar-refractivity contribution < 1.29 is 39.0 Å². The van der Waals surface area contributed by atoms with Crippen LogP contribution in [0.1, 0.15) is 52.5 Å². The topological polar surface area (TPSA) is 179 Å². The minimum atomic E-state index is -2.80. The number of aliphatic hydroxyl groups is 1. The Morgan fingerprint density at radius 3 is 2.21 bits per heavy atom. The number of carbonyl (C=O) groups is 6. The Hall–Kier alpha value is -3.64. The molecule has 5 rings (SSSR count). The first-order chi connectivity index (χ1) is 19.6. The van der Waals surface area contributed by atoms with E-state index in [-0.39, 0.29) is 24.0 Å². The third-order valence-corrected chi connectivity index (χ3v) is 9.82. The van der Waals surface area contributed by atoms with Crippen LogP contribution in [0.5, 0.6) is 5.75 Å². The van der Waals surface area contributed by atoms with E-state index >= 15 is 0 Å². The molecule has 1 saturated heterocycles. The van der Waals surface area contributed by atoms with Gasteiger partial charge in [-0.15, -0.1) is 0 Å². The molecule has 0 bridgehead atoms. The van der Waals surface area contributed by atoms with Crippen molar-refractivity contribution in [1.29, 1.82) is 0 Å². The molecule has 4 aliphatic rings. The fourth-order valence-electron chi connectivity index (χ4n) is 7.60. The van der Waals surface area contributed by atoms with E-state index in [1.54, 1.807) is 44.1 Å². The highest BCUT2D eigenvalue weighted by Crippen LogP contribution is 2.52. The van der Waals surface area contributed by atoms with E-state index in [2.05, 4.69) is 6.92 Å². The molecule has 1 aromatic carbocycles. The van der Waals surface area contributed by atoms with Crippen molar-refractivity contribution in [2.24, 2.45) is 35.3 Å². The predicted molar refractivity (Wildman–Crippen MR) is 150 cm³/mol. The molecule has 2 saturated carbocycles. The number of primary amides is 1. The van der Waals surface area contributed by atoms with Gasteiger partial charge in [-0.2, -0.15) is 0 Å². The Morgan fingerprint density at radius 2 is 1.67 bits per heavy atom. The summed E-state index contributed by atoms with van der Waals surface area (Å²) in [5, 5.41) is 23.2. The Morgan fingerprint density at radius 1 is 1.05 bits per heavy atom. The van der Waals surface area contributed by atoms with E-state index in [4.69, 9.17) is 5.73 Å². The molecule has 0 spiro atoms. The van der Waals surface area contributed by atoms with Crippen molar-refractivity contribution in [3.8, 4) is 5.75 Å². The van der Waals surface area contributed by atoms with Crippen LogP contribution in [0, 0.1) is 29.6 Å². The molecule has 3 aliphatic carbocycles. The first-order valence-corrected chi connectivity index (χ1v) is 14.3. The summed E-state index contributed by atoms with van der Waals surface area (Å²) in [5.74, 6) is -11.2. The van der Waals surface area contributed by atoms with Gasteiger partial charge in [0.2, 0.25) is 5.91 Å². The van der Waals surface area contributed by atoms with E-state index in [0.717, 1.165) is 12.8 Å². The lowest BCUT2D eigenvalue weighted by atomic mass is 9.52. The average molecular weight is 583 g/mol. The lowest BCUT2D eigenvalue weighted by Crippen LogP contribution is -2.74. The number of fused-ring (bicyclic) bond motifs is 3. The number of aromatic hydroxyl groups is 1. The number of likely N-dealkylation sites (N-methyl/N-ethyl adjacent to an activating group) is 1. The maximum absolute atomic E-state index is 14.2. The molecule has 3 fully saturated rings. The number of nitrogens with zero attached hydrogens (tertiary/aromatic N) is 3. The van der Waals surface area contributed by atoms with Crippen LogP contribution in [0.3, 0.4) is 0 Å². The zero-order valence-electron chi connectivity index (χ0n) is 24.5. The van der Waals surface area contributed by atoms with Crippen LogP contribution >= 0.6 is 0 Å². The summed E-state index contributed by atoms with van der Waals surface area (Å²) in [4.78, 5) is 85.5. The second kappa shape index (κ2) is 10.3. The SMILES string of the molecule is CC1CCN(C(=O)c2cc(N(C)C)c3c(c2O)C(=O)C2C(=O)[C@]4(O)C(=O)C(C(N)=O)C(=O)[C@@H](N(C)C)[C@@H]4C[C@@H]2C3)CC1. The van der Waals surface area contributed by atoms with Gasteiger partial charge in [0.05, 0.1) is 23.1 Å². The number of phenolic OH excluding ortho intramolecular Hbond substituents is 1. The summed E-state index contributed by atoms with van der Waals surface area (Å²) < 4.78 is 0. The number of likely N-dealkylation sites (tertiary alicyclic amines) is 1. The standard InChI is InChI=1S/C30H38N4O8/c1-13-6-8-34(9-7-13)29(41)16-12-18(32(2)3)15-10-14-11-17-22(33(4)5)25(37)21(28(31)40)27(39)30(17,42)26(38)19(14)24(36)20(15)23(16)35/h12-14,17,19,21-22,35,42H,6-11H2,1-5H3,(H2,31,40)/t14-,17-,19?,21?,22-,30-/m0/s1. The van der Waals surface area contributed by atoms with Gasteiger partial charge in [-0.25, -0.2) is 0 Å². The summed E-state index contributed by atoms with van der Waals surface area (Å²) in [6.07, 6.45) is 1.71. The van der Waals surface area contributed by atoms with Crippen molar-refractivity contribution in [2.75, 3.05) is 46.2 Å². The highest BCUT2D eigenvalue weighted by molar-refractivity contribution is 6.32. The second-order valence-electron chi connectivity index (χ2n) is 12.8. The second-order valence-corrected chi connectivity index (χ2v) is 12.8. The first-order valence-electron chi connectivity index (χ1n) is 14.3. The molecular weight excluding hydrogens is 544 g/mol. The van der Waals surface area contributed by atoms with Crippen LogP contribution in [0.4, 0.5) is 5.69 Å².